The van der Waals surface area contributed by atoms with Gasteiger partial charge in [0.2, 0.25) is 0 Å². The summed E-state index contributed by atoms with van der Waals surface area (Å²) < 4.78 is 1.26. The van der Waals surface area contributed by atoms with Crippen LogP contribution < -0.4 is 5.32 Å². The smallest absolute Gasteiger partial charge is 0.0809 e. The Balaban J connectivity index is 2.48. The third kappa shape index (κ3) is 1.57. The van der Waals surface area contributed by atoms with Gasteiger partial charge in [-0.15, -0.1) is 11.3 Å². The molecular formula is C10H12N2S. The van der Waals surface area contributed by atoms with E-state index < -0.39 is 0 Å². The number of pyridine rings is 1. The lowest BCUT2D eigenvalue weighted by molar-refractivity contribution is 0.651. The van der Waals surface area contributed by atoms with Gasteiger partial charge in [0.05, 0.1) is 10.2 Å². The highest BCUT2D eigenvalue weighted by Gasteiger charge is 2.04. The molecule has 0 aliphatic rings. The van der Waals surface area contributed by atoms with Gasteiger partial charge in [0.1, 0.15) is 0 Å². The summed E-state index contributed by atoms with van der Waals surface area (Å²) in [5.74, 6) is 0. The van der Waals surface area contributed by atoms with Gasteiger partial charge in [0.15, 0.2) is 0 Å². The Kier molecular flexibility index (Phi) is 2.29. The first-order valence-corrected chi connectivity index (χ1v) is 5.19. The fraction of sp³-hybridized carbons (Fsp3) is 0.300. The van der Waals surface area contributed by atoms with E-state index in [1.54, 1.807) is 11.3 Å². The van der Waals surface area contributed by atoms with Crippen LogP contribution in [0.3, 0.4) is 0 Å². The molecule has 1 N–H and O–H groups in total. The van der Waals surface area contributed by atoms with Crippen molar-refractivity contribution in [3.05, 3.63) is 29.3 Å². The van der Waals surface area contributed by atoms with Gasteiger partial charge in [-0.3, -0.25) is 4.98 Å². The summed E-state index contributed by atoms with van der Waals surface area (Å²) in [4.78, 5) is 4.38. The number of fused-ring (bicyclic) bond motifs is 1. The van der Waals surface area contributed by atoms with E-state index in [4.69, 9.17) is 0 Å². The summed E-state index contributed by atoms with van der Waals surface area (Å²) in [6.07, 6.45) is 1.94. The maximum absolute atomic E-state index is 4.38. The maximum Gasteiger partial charge on any atom is 0.0809 e. The van der Waals surface area contributed by atoms with Crippen molar-refractivity contribution in [2.24, 2.45) is 0 Å². The highest BCUT2D eigenvalue weighted by atomic mass is 32.1. The minimum absolute atomic E-state index is 0.374. The molecule has 13 heavy (non-hydrogen) atoms. The van der Waals surface area contributed by atoms with Crippen molar-refractivity contribution in [3.8, 4) is 0 Å². The van der Waals surface area contributed by atoms with Gasteiger partial charge in [-0.2, -0.15) is 0 Å². The standard InChI is InChI=1S/C10H12N2S/c1-7(11-2)8-5-10-9(12-6-8)3-4-13-10/h3-7,11H,1-2H3. The Hall–Kier alpha value is -0.930. The molecule has 0 saturated heterocycles. The van der Waals surface area contributed by atoms with E-state index in [2.05, 4.69) is 28.7 Å². The van der Waals surface area contributed by atoms with Crippen LogP contribution in [0.1, 0.15) is 18.5 Å². The van der Waals surface area contributed by atoms with Crippen molar-refractivity contribution >= 4 is 21.6 Å². The summed E-state index contributed by atoms with van der Waals surface area (Å²) in [6.45, 7) is 2.14. The lowest BCUT2D eigenvalue weighted by Gasteiger charge is -2.09. The molecule has 0 bridgehead atoms. The van der Waals surface area contributed by atoms with Crippen molar-refractivity contribution < 1.29 is 0 Å². The zero-order valence-corrected chi connectivity index (χ0v) is 8.56. The SMILES string of the molecule is CNC(C)c1cnc2ccsc2c1. The fourth-order valence-corrected chi connectivity index (χ4v) is 2.05. The number of aromatic nitrogens is 1. The van der Waals surface area contributed by atoms with E-state index in [0.29, 0.717) is 6.04 Å². The Labute approximate surface area is 81.6 Å². The molecule has 2 aromatic heterocycles. The number of hydrogen-bond acceptors (Lipinski definition) is 3. The summed E-state index contributed by atoms with van der Waals surface area (Å²) in [5.41, 5.74) is 2.34. The monoisotopic (exact) mass is 192 g/mol. The quantitative estimate of drug-likeness (QED) is 0.791. The highest BCUT2D eigenvalue weighted by molar-refractivity contribution is 7.17. The zero-order valence-electron chi connectivity index (χ0n) is 7.74. The molecule has 3 heteroatoms. The normalized spacial score (nSPS) is 13.4. The third-order valence-electron chi connectivity index (χ3n) is 2.26. The van der Waals surface area contributed by atoms with Crippen LogP contribution in [-0.4, -0.2) is 12.0 Å². The molecule has 0 radical (unpaired) electrons. The molecule has 68 valence electrons. The number of hydrogen-bond donors (Lipinski definition) is 1. The first-order chi connectivity index (χ1) is 6.31. The average Bonchev–Trinajstić information content (AvgIpc) is 2.63. The van der Waals surface area contributed by atoms with Gasteiger partial charge in [-0.05, 0) is 37.0 Å². The van der Waals surface area contributed by atoms with Gasteiger partial charge >= 0.3 is 0 Å². The van der Waals surface area contributed by atoms with Crippen molar-refractivity contribution in [1.29, 1.82) is 0 Å². The number of thiophene rings is 1. The molecule has 0 aromatic carbocycles. The summed E-state index contributed by atoms with van der Waals surface area (Å²) in [6, 6.07) is 4.63. The summed E-state index contributed by atoms with van der Waals surface area (Å²) in [5, 5.41) is 5.28. The zero-order chi connectivity index (χ0) is 9.26. The van der Waals surface area contributed by atoms with Crippen LogP contribution in [0, 0.1) is 0 Å². The molecule has 2 rings (SSSR count). The summed E-state index contributed by atoms with van der Waals surface area (Å²) in [7, 11) is 1.96. The van der Waals surface area contributed by atoms with E-state index in [1.807, 2.05) is 19.3 Å². The fourth-order valence-electron chi connectivity index (χ4n) is 1.27. The topological polar surface area (TPSA) is 24.9 Å². The minimum atomic E-state index is 0.374. The number of rotatable bonds is 2. The largest absolute Gasteiger partial charge is 0.313 e. The van der Waals surface area contributed by atoms with Crippen molar-refractivity contribution in [2.75, 3.05) is 7.05 Å². The van der Waals surface area contributed by atoms with E-state index in [0.717, 1.165) is 5.52 Å². The third-order valence-corrected chi connectivity index (χ3v) is 3.11. The molecule has 0 aliphatic carbocycles. The van der Waals surface area contributed by atoms with Gasteiger partial charge in [-0.1, -0.05) is 0 Å². The lowest BCUT2D eigenvalue weighted by Crippen LogP contribution is -2.12. The van der Waals surface area contributed by atoms with Crippen LogP contribution in [0.4, 0.5) is 0 Å². The predicted octanol–water partition coefficient (Wildman–Crippen LogP) is 2.58. The second-order valence-electron chi connectivity index (χ2n) is 3.08. The Morgan fingerprint density at radius 2 is 2.38 bits per heavy atom. The van der Waals surface area contributed by atoms with Gasteiger partial charge in [0, 0.05) is 12.2 Å². The van der Waals surface area contributed by atoms with Crippen LogP contribution in [0.5, 0.6) is 0 Å². The molecular weight excluding hydrogens is 180 g/mol. The predicted molar refractivity (Wildman–Crippen MR) is 57.1 cm³/mol. The Bertz CT molecular complexity index is 408. The highest BCUT2D eigenvalue weighted by Crippen LogP contribution is 2.22. The Morgan fingerprint density at radius 3 is 3.15 bits per heavy atom. The van der Waals surface area contributed by atoms with Crippen LogP contribution in [0.2, 0.25) is 0 Å². The first kappa shape index (κ1) is 8.66. The van der Waals surface area contributed by atoms with E-state index >= 15 is 0 Å². The second kappa shape index (κ2) is 3.44. The van der Waals surface area contributed by atoms with E-state index in [1.165, 1.54) is 10.3 Å². The maximum atomic E-state index is 4.38. The van der Waals surface area contributed by atoms with Gasteiger partial charge in [0.25, 0.3) is 0 Å². The van der Waals surface area contributed by atoms with Crippen LogP contribution in [-0.2, 0) is 0 Å². The minimum Gasteiger partial charge on any atom is -0.313 e. The molecule has 2 aromatic rings. The molecule has 2 nitrogen and oxygen atoms in total. The van der Waals surface area contributed by atoms with E-state index in [-0.39, 0.29) is 0 Å². The van der Waals surface area contributed by atoms with Crippen LogP contribution in [0.25, 0.3) is 10.2 Å². The molecule has 1 unspecified atom stereocenters. The second-order valence-corrected chi connectivity index (χ2v) is 4.03. The molecule has 2 heterocycles. The molecule has 0 amide bonds. The molecule has 1 atom stereocenters. The number of nitrogens with one attached hydrogen (secondary N) is 1. The van der Waals surface area contributed by atoms with Crippen molar-refractivity contribution in [3.63, 3.8) is 0 Å². The average molecular weight is 192 g/mol. The number of nitrogens with zero attached hydrogens (tertiary/aromatic N) is 1. The first-order valence-electron chi connectivity index (χ1n) is 4.31. The van der Waals surface area contributed by atoms with Gasteiger partial charge in [-0.25, -0.2) is 0 Å². The molecule has 0 spiro atoms. The lowest BCUT2D eigenvalue weighted by atomic mass is 10.1. The molecule has 0 fully saturated rings. The van der Waals surface area contributed by atoms with E-state index in [9.17, 15) is 0 Å². The summed E-state index contributed by atoms with van der Waals surface area (Å²) >= 11 is 1.74. The Morgan fingerprint density at radius 1 is 1.54 bits per heavy atom. The molecule has 0 aliphatic heterocycles. The van der Waals surface area contributed by atoms with Crippen LogP contribution in [0.15, 0.2) is 23.7 Å². The van der Waals surface area contributed by atoms with Gasteiger partial charge < -0.3 is 5.32 Å². The van der Waals surface area contributed by atoms with Crippen LogP contribution >= 0.6 is 11.3 Å². The van der Waals surface area contributed by atoms with Crippen molar-refractivity contribution in [2.45, 2.75) is 13.0 Å². The van der Waals surface area contributed by atoms with Crippen molar-refractivity contribution in [1.82, 2.24) is 10.3 Å². The molecule has 0 saturated carbocycles.